The zero-order valence-electron chi connectivity index (χ0n) is 8.98. The normalized spacial score (nSPS) is 12.0. The van der Waals surface area contributed by atoms with Crippen molar-refractivity contribution in [3.63, 3.8) is 0 Å². The lowest BCUT2D eigenvalue weighted by molar-refractivity contribution is 0.449. The van der Waals surface area contributed by atoms with Crippen LogP contribution in [-0.2, 0) is 10.2 Å². The molecule has 8 heteroatoms. The van der Waals surface area contributed by atoms with Gasteiger partial charge in [0.15, 0.2) is 0 Å². The zero-order valence-corrected chi connectivity index (χ0v) is 9.80. The fourth-order valence-corrected chi connectivity index (χ4v) is 2.26. The Morgan fingerprint density at radius 1 is 1.40 bits per heavy atom. The molecule has 0 amide bonds. The van der Waals surface area contributed by atoms with Crippen molar-refractivity contribution in [2.75, 3.05) is 17.8 Å². The van der Waals surface area contributed by atoms with E-state index in [0.29, 0.717) is 18.9 Å². The second-order valence-electron chi connectivity index (χ2n) is 2.94. The number of rotatable bonds is 5. The van der Waals surface area contributed by atoms with Crippen LogP contribution in [0, 0.1) is 6.92 Å². The molecular formula is C7H15N5O2S. The molecule has 0 saturated heterocycles. The predicted molar refractivity (Wildman–Crippen MR) is 56.6 cm³/mol. The van der Waals surface area contributed by atoms with Crippen molar-refractivity contribution in [3.8, 4) is 0 Å². The third-order valence-electron chi connectivity index (χ3n) is 1.86. The first kappa shape index (κ1) is 11.9. The van der Waals surface area contributed by atoms with Gasteiger partial charge in [0, 0.05) is 13.1 Å². The van der Waals surface area contributed by atoms with E-state index in [1.807, 2.05) is 0 Å². The highest BCUT2D eigenvalue weighted by atomic mass is 32.2. The molecule has 0 radical (unpaired) electrons. The number of nitrogens with zero attached hydrogens (tertiary/aromatic N) is 3. The van der Waals surface area contributed by atoms with E-state index in [-0.39, 0.29) is 5.95 Å². The van der Waals surface area contributed by atoms with Gasteiger partial charge in [-0.1, -0.05) is 13.8 Å². The third-order valence-corrected chi connectivity index (χ3v) is 3.50. The van der Waals surface area contributed by atoms with Gasteiger partial charge in [-0.15, -0.1) is 5.10 Å². The predicted octanol–water partition coefficient (Wildman–Crippen LogP) is 0.112. The Morgan fingerprint density at radius 3 is 2.40 bits per heavy atom. The molecule has 0 saturated carbocycles. The van der Waals surface area contributed by atoms with Crippen molar-refractivity contribution in [2.45, 2.75) is 20.8 Å². The molecule has 1 aromatic rings. The lowest BCUT2D eigenvalue weighted by Gasteiger charge is -2.17. The number of aromatic amines is 1. The Morgan fingerprint density at radius 2 is 2.00 bits per heavy atom. The minimum Gasteiger partial charge on any atom is -0.261 e. The van der Waals surface area contributed by atoms with Gasteiger partial charge in [-0.2, -0.15) is 17.7 Å². The number of hydrogen-bond donors (Lipinski definition) is 2. The maximum atomic E-state index is 11.7. The highest BCUT2D eigenvalue weighted by Gasteiger charge is 2.19. The van der Waals surface area contributed by atoms with Gasteiger partial charge in [-0.05, 0) is 6.92 Å². The van der Waals surface area contributed by atoms with Gasteiger partial charge >= 0.3 is 10.2 Å². The Balaban J connectivity index is 2.80. The lowest BCUT2D eigenvalue weighted by Crippen LogP contribution is -2.35. The summed E-state index contributed by atoms with van der Waals surface area (Å²) >= 11 is 0. The molecule has 1 heterocycles. The van der Waals surface area contributed by atoms with Crippen molar-refractivity contribution in [2.24, 2.45) is 0 Å². The van der Waals surface area contributed by atoms with Gasteiger partial charge in [-0.25, -0.2) is 4.72 Å². The van der Waals surface area contributed by atoms with Crippen LogP contribution in [0.15, 0.2) is 0 Å². The van der Waals surface area contributed by atoms with Crippen LogP contribution in [0.4, 0.5) is 5.95 Å². The average molecular weight is 233 g/mol. The van der Waals surface area contributed by atoms with E-state index in [2.05, 4.69) is 19.9 Å². The SMILES string of the molecule is CCN(CC)S(=O)(=O)Nc1n[nH]c(C)n1. The van der Waals surface area contributed by atoms with Gasteiger partial charge < -0.3 is 0 Å². The first-order valence-electron chi connectivity index (χ1n) is 4.66. The molecule has 1 aromatic heterocycles. The maximum Gasteiger partial charge on any atom is 0.304 e. The van der Waals surface area contributed by atoms with Crippen molar-refractivity contribution in [3.05, 3.63) is 5.82 Å². The van der Waals surface area contributed by atoms with Crippen LogP contribution >= 0.6 is 0 Å². The first-order valence-corrected chi connectivity index (χ1v) is 6.10. The summed E-state index contributed by atoms with van der Waals surface area (Å²) in [5, 5.41) is 6.26. The van der Waals surface area contributed by atoms with Gasteiger partial charge in [0.1, 0.15) is 5.82 Å². The van der Waals surface area contributed by atoms with Gasteiger partial charge in [0.05, 0.1) is 0 Å². The summed E-state index contributed by atoms with van der Waals surface area (Å²) < 4.78 is 27.0. The van der Waals surface area contributed by atoms with Gasteiger partial charge in [0.25, 0.3) is 5.95 Å². The van der Waals surface area contributed by atoms with Crippen LogP contribution in [0.1, 0.15) is 19.7 Å². The molecule has 86 valence electrons. The lowest BCUT2D eigenvalue weighted by atomic mass is 10.7. The Labute approximate surface area is 89.1 Å². The van der Waals surface area contributed by atoms with E-state index in [1.54, 1.807) is 20.8 Å². The van der Waals surface area contributed by atoms with E-state index in [9.17, 15) is 8.42 Å². The first-order chi connectivity index (χ1) is 6.99. The van der Waals surface area contributed by atoms with E-state index in [4.69, 9.17) is 0 Å². The van der Waals surface area contributed by atoms with Crippen LogP contribution in [-0.4, -0.2) is 41.0 Å². The Hall–Kier alpha value is -1.15. The number of aromatic nitrogens is 3. The number of nitrogens with one attached hydrogen (secondary N) is 2. The smallest absolute Gasteiger partial charge is 0.261 e. The van der Waals surface area contributed by atoms with Crippen molar-refractivity contribution in [1.82, 2.24) is 19.5 Å². The monoisotopic (exact) mass is 233 g/mol. The quantitative estimate of drug-likeness (QED) is 0.755. The van der Waals surface area contributed by atoms with Crippen LogP contribution < -0.4 is 4.72 Å². The molecule has 0 unspecified atom stereocenters. The molecule has 7 nitrogen and oxygen atoms in total. The van der Waals surface area contributed by atoms with E-state index in [0.717, 1.165) is 0 Å². The van der Waals surface area contributed by atoms with Crippen LogP contribution in [0.5, 0.6) is 0 Å². The number of H-pyrrole nitrogens is 1. The van der Waals surface area contributed by atoms with E-state index < -0.39 is 10.2 Å². The van der Waals surface area contributed by atoms with Gasteiger partial charge in [-0.3, -0.25) is 5.10 Å². The van der Waals surface area contributed by atoms with Crippen molar-refractivity contribution in [1.29, 1.82) is 0 Å². The number of anilines is 1. The average Bonchev–Trinajstić information content (AvgIpc) is 2.51. The summed E-state index contributed by atoms with van der Waals surface area (Å²) in [6.07, 6.45) is 0. The molecular weight excluding hydrogens is 218 g/mol. The van der Waals surface area contributed by atoms with Crippen LogP contribution in [0.2, 0.25) is 0 Å². The molecule has 0 aromatic carbocycles. The molecule has 0 atom stereocenters. The molecule has 0 fully saturated rings. The molecule has 0 spiro atoms. The molecule has 0 aliphatic carbocycles. The summed E-state index contributed by atoms with van der Waals surface area (Å²) in [6.45, 7) is 6.06. The zero-order chi connectivity index (χ0) is 11.5. The molecule has 0 aliphatic heterocycles. The van der Waals surface area contributed by atoms with E-state index in [1.165, 1.54) is 4.31 Å². The van der Waals surface area contributed by atoms with Gasteiger partial charge in [0.2, 0.25) is 0 Å². The summed E-state index contributed by atoms with van der Waals surface area (Å²) in [4.78, 5) is 3.86. The highest BCUT2D eigenvalue weighted by molar-refractivity contribution is 7.90. The largest absolute Gasteiger partial charge is 0.304 e. The summed E-state index contributed by atoms with van der Waals surface area (Å²) in [5.41, 5.74) is 0. The second-order valence-corrected chi connectivity index (χ2v) is 4.61. The molecule has 1 rings (SSSR count). The standard InChI is InChI=1S/C7H15N5O2S/c1-4-12(5-2)15(13,14)11-7-8-6(3)9-10-7/h4-5H2,1-3H3,(H2,8,9,10,11). The van der Waals surface area contributed by atoms with Crippen molar-refractivity contribution >= 4 is 16.2 Å². The molecule has 0 bridgehead atoms. The third kappa shape index (κ3) is 2.90. The van der Waals surface area contributed by atoms with E-state index >= 15 is 0 Å². The van der Waals surface area contributed by atoms with Crippen molar-refractivity contribution < 1.29 is 8.42 Å². The maximum absolute atomic E-state index is 11.7. The summed E-state index contributed by atoms with van der Waals surface area (Å²) in [7, 11) is -3.52. The van der Waals surface area contributed by atoms with Crippen LogP contribution in [0.25, 0.3) is 0 Å². The topological polar surface area (TPSA) is 91.0 Å². The minimum absolute atomic E-state index is 0.0689. The molecule has 0 aliphatic rings. The number of aryl methyl sites for hydroxylation is 1. The fourth-order valence-electron chi connectivity index (χ4n) is 1.13. The Kier molecular flexibility index (Phi) is 3.64. The highest BCUT2D eigenvalue weighted by Crippen LogP contribution is 2.05. The molecule has 15 heavy (non-hydrogen) atoms. The molecule has 2 N–H and O–H groups in total. The fraction of sp³-hybridized carbons (Fsp3) is 0.714. The number of hydrogen-bond acceptors (Lipinski definition) is 4. The van der Waals surface area contributed by atoms with Crippen LogP contribution in [0.3, 0.4) is 0 Å². The Bertz CT molecular complexity index is 409. The second kappa shape index (κ2) is 4.58. The minimum atomic E-state index is -3.52. The summed E-state index contributed by atoms with van der Waals surface area (Å²) in [6, 6.07) is 0. The summed E-state index contributed by atoms with van der Waals surface area (Å²) in [5.74, 6) is 0.631.